The van der Waals surface area contributed by atoms with Gasteiger partial charge in [-0.3, -0.25) is 0 Å². The zero-order chi connectivity index (χ0) is 15.1. The molecule has 0 amide bonds. The van der Waals surface area contributed by atoms with Gasteiger partial charge in [-0.2, -0.15) is 0 Å². The Morgan fingerprint density at radius 3 is 1.24 bits per heavy atom. The number of benzene rings is 2. The van der Waals surface area contributed by atoms with Gasteiger partial charge in [0.25, 0.3) is 0 Å². The van der Waals surface area contributed by atoms with Gasteiger partial charge in [-0.05, 0) is 27.7 Å². The maximum Gasteiger partial charge on any atom is 0.223 e. The van der Waals surface area contributed by atoms with Crippen LogP contribution in [0.5, 0.6) is 0 Å². The summed E-state index contributed by atoms with van der Waals surface area (Å²) in [7, 11) is 0. The van der Waals surface area contributed by atoms with Crippen LogP contribution < -0.4 is 0 Å². The average molecular weight is 282 g/mol. The highest BCUT2D eigenvalue weighted by molar-refractivity contribution is 5.35. The fraction of sp³-hybridized carbons (Fsp3) is 0.368. The molecular weight excluding hydrogens is 260 g/mol. The molecule has 2 aromatic rings. The molecular formula is C19H22O2. The largest absolute Gasteiger partial charge is 0.333 e. The number of hydrogen-bond acceptors (Lipinski definition) is 2. The van der Waals surface area contributed by atoms with Crippen molar-refractivity contribution in [3.8, 4) is 0 Å². The van der Waals surface area contributed by atoms with E-state index < -0.39 is 17.0 Å². The van der Waals surface area contributed by atoms with Crippen LogP contribution in [0.25, 0.3) is 0 Å². The van der Waals surface area contributed by atoms with E-state index in [1.54, 1.807) is 0 Å². The molecule has 0 saturated carbocycles. The van der Waals surface area contributed by atoms with E-state index in [0.717, 1.165) is 11.1 Å². The Kier molecular flexibility index (Phi) is 3.19. The minimum Gasteiger partial charge on any atom is -0.333 e. The molecule has 0 aliphatic carbocycles. The maximum absolute atomic E-state index is 6.50. The number of ether oxygens (including phenoxy) is 2. The smallest absolute Gasteiger partial charge is 0.223 e. The molecule has 2 nitrogen and oxygen atoms in total. The van der Waals surface area contributed by atoms with E-state index in [1.807, 2.05) is 36.4 Å². The summed E-state index contributed by atoms with van der Waals surface area (Å²) in [6.07, 6.45) is 0. The minimum atomic E-state index is -0.852. The van der Waals surface area contributed by atoms with Crippen molar-refractivity contribution in [3.63, 3.8) is 0 Å². The quantitative estimate of drug-likeness (QED) is 0.808. The second-order valence-corrected chi connectivity index (χ2v) is 6.57. The lowest BCUT2D eigenvalue weighted by Crippen LogP contribution is -2.41. The molecule has 110 valence electrons. The molecule has 2 heteroatoms. The Morgan fingerprint density at radius 2 is 0.905 bits per heavy atom. The summed E-state index contributed by atoms with van der Waals surface area (Å²) in [6.45, 7) is 8.34. The summed E-state index contributed by atoms with van der Waals surface area (Å²) in [6, 6.07) is 20.3. The van der Waals surface area contributed by atoms with Gasteiger partial charge in [-0.1, -0.05) is 60.7 Å². The van der Waals surface area contributed by atoms with Crippen LogP contribution in [0.3, 0.4) is 0 Å². The molecule has 0 N–H and O–H groups in total. The van der Waals surface area contributed by atoms with Gasteiger partial charge in [-0.15, -0.1) is 0 Å². The van der Waals surface area contributed by atoms with Crippen LogP contribution in [0.1, 0.15) is 38.8 Å². The van der Waals surface area contributed by atoms with Gasteiger partial charge in [0.1, 0.15) is 0 Å². The SMILES string of the molecule is CC1(C)OC(c2ccccc2)(c2ccccc2)OC1(C)C. The maximum atomic E-state index is 6.50. The number of rotatable bonds is 2. The first kappa shape index (κ1) is 14.3. The summed E-state index contributed by atoms with van der Waals surface area (Å²) in [5, 5.41) is 0. The molecule has 1 fully saturated rings. The van der Waals surface area contributed by atoms with Gasteiger partial charge in [0.05, 0.1) is 11.2 Å². The third-order valence-electron chi connectivity index (χ3n) is 4.56. The van der Waals surface area contributed by atoms with E-state index in [-0.39, 0.29) is 0 Å². The van der Waals surface area contributed by atoms with E-state index in [4.69, 9.17) is 9.47 Å². The van der Waals surface area contributed by atoms with Crippen LogP contribution in [0, 0.1) is 0 Å². The van der Waals surface area contributed by atoms with Gasteiger partial charge in [-0.25, -0.2) is 0 Å². The average Bonchev–Trinajstić information content (AvgIpc) is 2.67. The molecule has 1 saturated heterocycles. The summed E-state index contributed by atoms with van der Waals surface area (Å²) < 4.78 is 13.0. The van der Waals surface area contributed by atoms with Crippen molar-refractivity contribution in [1.29, 1.82) is 0 Å². The molecule has 0 unspecified atom stereocenters. The van der Waals surface area contributed by atoms with E-state index in [2.05, 4.69) is 52.0 Å². The second kappa shape index (κ2) is 4.69. The predicted molar refractivity (Wildman–Crippen MR) is 84.0 cm³/mol. The lowest BCUT2D eigenvalue weighted by Gasteiger charge is -2.30. The van der Waals surface area contributed by atoms with E-state index >= 15 is 0 Å². The zero-order valence-electron chi connectivity index (χ0n) is 13.1. The fourth-order valence-electron chi connectivity index (χ4n) is 2.70. The molecule has 0 atom stereocenters. The molecule has 1 heterocycles. The van der Waals surface area contributed by atoms with E-state index in [9.17, 15) is 0 Å². The fourth-order valence-corrected chi connectivity index (χ4v) is 2.70. The summed E-state index contributed by atoms with van der Waals surface area (Å²) in [5.41, 5.74) is 1.27. The lowest BCUT2D eigenvalue weighted by molar-refractivity contribution is -0.168. The first-order valence-electron chi connectivity index (χ1n) is 7.39. The molecule has 1 aliphatic heterocycles. The van der Waals surface area contributed by atoms with Gasteiger partial charge in [0, 0.05) is 11.1 Å². The van der Waals surface area contributed by atoms with Crippen LogP contribution in [0.4, 0.5) is 0 Å². The van der Waals surface area contributed by atoms with E-state index in [0.29, 0.717) is 0 Å². The molecule has 21 heavy (non-hydrogen) atoms. The van der Waals surface area contributed by atoms with Gasteiger partial charge in [0.15, 0.2) is 0 Å². The Balaban J connectivity index is 2.20. The highest BCUT2D eigenvalue weighted by atomic mass is 16.8. The van der Waals surface area contributed by atoms with Crippen LogP contribution in [-0.2, 0) is 15.3 Å². The predicted octanol–water partition coefficient (Wildman–Crippen LogP) is 4.49. The van der Waals surface area contributed by atoms with Gasteiger partial charge in [0.2, 0.25) is 5.79 Å². The lowest BCUT2D eigenvalue weighted by atomic mass is 9.90. The van der Waals surface area contributed by atoms with Crippen LogP contribution in [0.2, 0.25) is 0 Å². The van der Waals surface area contributed by atoms with Crippen molar-refractivity contribution in [1.82, 2.24) is 0 Å². The number of hydrogen-bond donors (Lipinski definition) is 0. The first-order chi connectivity index (χ1) is 9.87. The van der Waals surface area contributed by atoms with Gasteiger partial charge < -0.3 is 9.47 Å². The second-order valence-electron chi connectivity index (χ2n) is 6.57. The Labute approximate surface area is 126 Å². The van der Waals surface area contributed by atoms with E-state index in [1.165, 1.54) is 0 Å². The Morgan fingerprint density at radius 1 is 0.571 bits per heavy atom. The topological polar surface area (TPSA) is 18.5 Å². The summed E-state index contributed by atoms with van der Waals surface area (Å²) >= 11 is 0. The standard InChI is InChI=1S/C19H22O2/c1-17(2)18(3,4)21-19(20-17,15-11-7-5-8-12-15)16-13-9-6-10-14-16/h5-14H,1-4H3. The third-order valence-corrected chi connectivity index (χ3v) is 4.56. The highest BCUT2D eigenvalue weighted by Gasteiger charge is 2.58. The summed E-state index contributed by atoms with van der Waals surface area (Å²) in [5.74, 6) is -0.852. The molecule has 0 radical (unpaired) electrons. The van der Waals surface area contributed by atoms with Crippen LogP contribution in [0.15, 0.2) is 60.7 Å². The van der Waals surface area contributed by atoms with Crippen molar-refractivity contribution < 1.29 is 9.47 Å². The molecule has 1 aliphatic rings. The first-order valence-corrected chi connectivity index (χ1v) is 7.39. The molecule has 0 spiro atoms. The van der Waals surface area contributed by atoms with Gasteiger partial charge >= 0.3 is 0 Å². The molecule has 2 aromatic carbocycles. The molecule has 3 rings (SSSR count). The summed E-state index contributed by atoms with van der Waals surface area (Å²) in [4.78, 5) is 0. The van der Waals surface area contributed by atoms with Crippen LogP contribution >= 0.6 is 0 Å². The third kappa shape index (κ3) is 2.19. The van der Waals surface area contributed by atoms with Crippen molar-refractivity contribution in [2.45, 2.75) is 44.7 Å². The van der Waals surface area contributed by atoms with Crippen molar-refractivity contribution >= 4 is 0 Å². The normalized spacial score (nSPS) is 22.1. The van der Waals surface area contributed by atoms with Crippen LogP contribution in [-0.4, -0.2) is 11.2 Å². The van der Waals surface area contributed by atoms with Crippen molar-refractivity contribution in [3.05, 3.63) is 71.8 Å². The minimum absolute atomic E-state index is 0.390. The molecule has 0 aromatic heterocycles. The Hall–Kier alpha value is -1.64. The molecule has 0 bridgehead atoms. The van der Waals surface area contributed by atoms with Crippen molar-refractivity contribution in [2.75, 3.05) is 0 Å². The highest BCUT2D eigenvalue weighted by Crippen LogP contribution is 2.51. The monoisotopic (exact) mass is 282 g/mol. The zero-order valence-corrected chi connectivity index (χ0v) is 13.1. The Bertz CT molecular complexity index is 557. The van der Waals surface area contributed by atoms with Crippen molar-refractivity contribution in [2.24, 2.45) is 0 Å².